The Morgan fingerprint density at radius 1 is 0.950 bits per heavy atom. The second kappa shape index (κ2) is 17.3. The molecule has 236 valence electrons. The second-order valence-electron chi connectivity index (χ2n) is 14.6. The number of nitrogens with one attached hydrogen (secondary N) is 1. The molecule has 1 amide bonds. The van der Waals surface area contributed by atoms with Gasteiger partial charge < -0.3 is 24.0 Å². The zero-order valence-corrected chi connectivity index (χ0v) is 29.1. The van der Waals surface area contributed by atoms with Crippen molar-refractivity contribution in [3.63, 3.8) is 0 Å². The maximum atomic E-state index is 12.9. The molecule has 1 rings (SSSR count). The van der Waals surface area contributed by atoms with Gasteiger partial charge in [-0.15, -0.1) is 0 Å². The Balaban J connectivity index is 2.84. The molecule has 0 radical (unpaired) electrons. The second-order valence-corrected chi connectivity index (χ2v) is 19.4. The van der Waals surface area contributed by atoms with Gasteiger partial charge in [0.25, 0.3) is 0 Å². The van der Waals surface area contributed by atoms with Crippen LogP contribution in [0.2, 0.25) is 18.1 Å². The molecule has 40 heavy (non-hydrogen) atoms. The average molecular weight is 584 g/mol. The minimum atomic E-state index is -2.16. The molecular formula is C33H65NO5Si. The zero-order valence-electron chi connectivity index (χ0n) is 28.1. The van der Waals surface area contributed by atoms with Crippen LogP contribution < -0.4 is 5.32 Å². The number of rotatable bonds is 18. The van der Waals surface area contributed by atoms with Gasteiger partial charge in [0.2, 0.25) is 0 Å². The smallest absolute Gasteiger partial charge is 0.408 e. The van der Waals surface area contributed by atoms with E-state index in [4.69, 9.17) is 18.6 Å². The number of amides is 1. The van der Waals surface area contributed by atoms with Gasteiger partial charge in [-0.3, -0.25) is 0 Å². The molecule has 0 saturated carbocycles. The van der Waals surface area contributed by atoms with Crippen molar-refractivity contribution in [1.82, 2.24) is 5.32 Å². The van der Waals surface area contributed by atoms with Crippen LogP contribution in [0.15, 0.2) is 12.2 Å². The molecule has 0 aromatic carbocycles. The molecule has 1 saturated heterocycles. The van der Waals surface area contributed by atoms with Gasteiger partial charge >= 0.3 is 6.09 Å². The van der Waals surface area contributed by atoms with Crippen molar-refractivity contribution < 1.29 is 23.4 Å². The van der Waals surface area contributed by atoms with E-state index in [2.05, 4.69) is 58.3 Å². The lowest BCUT2D eigenvalue weighted by atomic mass is 10.0. The minimum Gasteiger partial charge on any atom is -0.444 e. The first-order chi connectivity index (χ1) is 18.5. The summed E-state index contributed by atoms with van der Waals surface area (Å²) in [4.78, 5) is 12.9. The van der Waals surface area contributed by atoms with Crippen molar-refractivity contribution in [3.8, 4) is 0 Å². The highest BCUT2D eigenvalue weighted by Gasteiger charge is 2.45. The molecule has 1 aliphatic heterocycles. The highest BCUT2D eigenvalue weighted by atomic mass is 28.4. The van der Waals surface area contributed by atoms with Gasteiger partial charge in [-0.05, 0) is 65.6 Å². The van der Waals surface area contributed by atoms with E-state index in [1.165, 1.54) is 70.6 Å². The van der Waals surface area contributed by atoms with Crippen LogP contribution >= 0.6 is 0 Å². The van der Waals surface area contributed by atoms with E-state index in [-0.39, 0.29) is 17.2 Å². The predicted octanol–water partition coefficient (Wildman–Crippen LogP) is 9.68. The van der Waals surface area contributed by atoms with Crippen LogP contribution in [-0.4, -0.2) is 50.7 Å². The third-order valence-corrected chi connectivity index (χ3v) is 12.5. The van der Waals surface area contributed by atoms with Gasteiger partial charge in [-0.1, -0.05) is 104 Å². The summed E-state index contributed by atoms with van der Waals surface area (Å²) < 4.78 is 24.7. The number of hydrogen-bond acceptors (Lipinski definition) is 5. The fourth-order valence-electron chi connectivity index (χ4n) is 4.63. The maximum Gasteiger partial charge on any atom is 0.408 e. The molecule has 1 fully saturated rings. The fourth-order valence-corrected chi connectivity index (χ4v) is 5.89. The van der Waals surface area contributed by atoms with Gasteiger partial charge in [0, 0.05) is 0 Å². The van der Waals surface area contributed by atoms with Crippen molar-refractivity contribution >= 4 is 14.4 Å². The molecule has 7 heteroatoms. The summed E-state index contributed by atoms with van der Waals surface area (Å²) in [7, 11) is -2.16. The minimum absolute atomic E-state index is 0.0257. The van der Waals surface area contributed by atoms with Gasteiger partial charge in [0.1, 0.15) is 11.7 Å². The number of carbonyl (C=O) groups is 1. The molecule has 0 spiro atoms. The summed E-state index contributed by atoms with van der Waals surface area (Å²) in [5.41, 5.74) is -0.596. The molecule has 1 N–H and O–H groups in total. The first kappa shape index (κ1) is 37.1. The van der Waals surface area contributed by atoms with Crippen LogP contribution in [0.1, 0.15) is 139 Å². The van der Waals surface area contributed by atoms with E-state index in [0.29, 0.717) is 6.61 Å². The topological polar surface area (TPSA) is 66.0 Å². The number of ether oxygens (including phenoxy) is 3. The van der Waals surface area contributed by atoms with Gasteiger partial charge in [0.05, 0.1) is 18.8 Å². The lowest BCUT2D eigenvalue weighted by Crippen LogP contribution is -2.57. The largest absolute Gasteiger partial charge is 0.444 e. The van der Waals surface area contributed by atoms with Gasteiger partial charge in [-0.2, -0.15) is 0 Å². The summed E-state index contributed by atoms with van der Waals surface area (Å²) in [6.07, 6.45) is 18.9. The van der Waals surface area contributed by atoms with E-state index in [1.54, 1.807) is 0 Å². The van der Waals surface area contributed by atoms with Crippen molar-refractivity contribution in [2.45, 2.75) is 187 Å². The summed E-state index contributed by atoms with van der Waals surface area (Å²) >= 11 is 0. The number of alkyl carbamates (subject to hydrolysis) is 1. The molecule has 1 heterocycles. The van der Waals surface area contributed by atoms with E-state index >= 15 is 0 Å². The molecule has 0 aromatic heterocycles. The van der Waals surface area contributed by atoms with Crippen LogP contribution in [0, 0.1) is 0 Å². The highest BCUT2D eigenvalue weighted by molar-refractivity contribution is 6.74. The Labute approximate surface area is 248 Å². The van der Waals surface area contributed by atoms with Crippen LogP contribution in [0.3, 0.4) is 0 Å². The highest BCUT2D eigenvalue weighted by Crippen LogP contribution is 2.38. The van der Waals surface area contributed by atoms with Crippen molar-refractivity contribution in [3.05, 3.63) is 12.2 Å². The van der Waals surface area contributed by atoms with Gasteiger partial charge in [-0.25, -0.2) is 4.79 Å². The van der Waals surface area contributed by atoms with E-state index < -0.39 is 31.8 Å². The molecule has 0 aliphatic carbocycles. The number of allylic oxidation sites excluding steroid dienone is 1. The van der Waals surface area contributed by atoms with E-state index in [0.717, 1.165) is 6.42 Å². The lowest BCUT2D eigenvalue weighted by Gasteiger charge is -2.41. The molecule has 6 nitrogen and oxygen atoms in total. The molecule has 0 aromatic rings. The quantitative estimate of drug-likeness (QED) is 0.0988. The predicted molar refractivity (Wildman–Crippen MR) is 170 cm³/mol. The molecule has 3 atom stereocenters. The first-order valence-corrected chi connectivity index (χ1v) is 19.0. The SMILES string of the molecule is CCCCCCCCCCCCC/C=C/[C@@H](O[Si](C)(C)C(C)(C)C)[C@@H](NC(=O)OC(C)(C)C)[C@H]1COC(C)(C)O1. The number of hydrogen-bond donors (Lipinski definition) is 1. The Hall–Kier alpha value is -0.893. The summed E-state index contributed by atoms with van der Waals surface area (Å²) in [6, 6.07) is -0.431. The average Bonchev–Trinajstić information content (AvgIpc) is 3.17. The molecule has 0 bridgehead atoms. The van der Waals surface area contributed by atoms with Crippen LogP contribution in [0.25, 0.3) is 0 Å². The van der Waals surface area contributed by atoms with Crippen molar-refractivity contribution in [1.29, 1.82) is 0 Å². The summed E-state index contributed by atoms with van der Waals surface area (Å²) in [5, 5.41) is 3.13. The third-order valence-electron chi connectivity index (χ3n) is 8.01. The molecule has 1 aliphatic rings. The number of carbonyl (C=O) groups excluding carboxylic acids is 1. The van der Waals surface area contributed by atoms with Crippen molar-refractivity contribution in [2.24, 2.45) is 0 Å². The molecule has 0 unspecified atom stereocenters. The Morgan fingerprint density at radius 3 is 1.93 bits per heavy atom. The monoisotopic (exact) mass is 583 g/mol. The first-order valence-electron chi connectivity index (χ1n) is 16.1. The van der Waals surface area contributed by atoms with Crippen molar-refractivity contribution in [2.75, 3.05) is 6.61 Å². The summed E-state index contributed by atoms with van der Waals surface area (Å²) in [5.74, 6) is -0.709. The van der Waals surface area contributed by atoms with Crippen LogP contribution in [0.4, 0.5) is 4.79 Å². The zero-order chi connectivity index (χ0) is 30.5. The lowest BCUT2D eigenvalue weighted by molar-refractivity contribution is -0.144. The van der Waals surface area contributed by atoms with E-state index in [1.807, 2.05) is 34.6 Å². The van der Waals surface area contributed by atoms with E-state index in [9.17, 15) is 4.79 Å². The fraction of sp³-hybridized carbons (Fsp3) is 0.909. The van der Waals surface area contributed by atoms with Crippen LogP contribution in [0.5, 0.6) is 0 Å². The third kappa shape index (κ3) is 15.4. The Bertz CT molecular complexity index is 738. The van der Waals surface area contributed by atoms with Crippen LogP contribution in [-0.2, 0) is 18.6 Å². The maximum absolute atomic E-state index is 12.9. The van der Waals surface area contributed by atoms with Gasteiger partial charge in [0.15, 0.2) is 14.1 Å². The standard InChI is InChI=1S/C33H65NO5Si/c1-12-13-14-15-16-17-18-19-20-21-22-23-24-25-27(39-40(10,11)32(5,6)7)29(28-26-36-33(8,9)37-28)34-30(35)38-31(2,3)4/h24-25,27-29H,12-23,26H2,1-11H3,(H,34,35)/b25-24+/t27-,28-,29-/m1/s1. The number of unbranched alkanes of at least 4 members (excludes halogenated alkanes) is 11. The Kier molecular flexibility index (Phi) is 16.0. The normalized spacial score (nSPS) is 19.6. The molecular weight excluding hydrogens is 518 g/mol. The Morgan fingerprint density at radius 2 is 1.48 bits per heavy atom. The summed E-state index contributed by atoms with van der Waals surface area (Å²) in [6.45, 7) is 23.3.